The Kier molecular flexibility index (Phi) is 4.22. The van der Waals surface area contributed by atoms with E-state index < -0.39 is 11.7 Å². The molecule has 0 fully saturated rings. The summed E-state index contributed by atoms with van der Waals surface area (Å²) in [7, 11) is 0. The summed E-state index contributed by atoms with van der Waals surface area (Å²) < 4.78 is 39.9. The van der Waals surface area contributed by atoms with E-state index in [1.807, 2.05) is 18.2 Å². The van der Waals surface area contributed by atoms with Gasteiger partial charge in [-0.3, -0.25) is 4.79 Å². The fraction of sp³-hybridized carbons (Fsp3) is 0.176. The van der Waals surface area contributed by atoms with E-state index in [0.29, 0.717) is 12.7 Å². The molecule has 0 aliphatic carbocycles. The van der Waals surface area contributed by atoms with Crippen molar-refractivity contribution in [2.45, 2.75) is 12.6 Å². The maximum atomic E-state index is 12.8. The van der Waals surface area contributed by atoms with Crippen LogP contribution in [0.3, 0.4) is 0 Å². The molecule has 0 bridgehead atoms. The van der Waals surface area contributed by atoms with Gasteiger partial charge in [0.15, 0.2) is 11.5 Å². The van der Waals surface area contributed by atoms with Gasteiger partial charge in [0.1, 0.15) is 0 Å². The van der Waals surface area contributed by atoms with E-state index in [9.17, 15) is 18.0 Å². The Morgan fingerprint density at radius 1 is 1.19 bits per heavy atom. The minimum atomic E-state index is -4.47. The summed E-state index contributed by atoms with van der Waals surface area (Å²) in [5, 5.41) is 7.66. The second kappa shape index (κ2) is 6.45. The molecule has 0 N–H and O–H groups in total. The number of pyridine rings is 1. The molecule has 2 aromatic heterocycles. The minimum absolute atomic E-state index is 0.0875. The van der Waals surface area contributed by atoms with Crippen molar-refractivity contribution < 1.29 is 18.0 Å². The predicted molar refractivity (Wildman–Crippen MR) is 93.7 cm³/mol. The molecule has 0 unspecified atom stereocenters. The van der Waals surface area contributed by atoms with E-state index in [1.165, 1.54) is 16.9 Å². The van der Waals surface area contributed by atoms with Gasteiger partial charge in [0.2, 0.25) is 0 Å². The number of alkyl halides is 3. The largest absolute Gasteiger partial charge is 0.417 e. The van der Waals surface area contributed by atoms with Crippen LogP contribution < -0.4 is 4.90 Å². The van der Waals surface area contributed by atoms with Crippen molar-refractivity contribution in [2.24, 2.45) is 0 Å². The Morgan fingerprint density at radius 3 is 2.70 bits per heavy atom. The monoisotopic (exact) mass is 437 g/mol. The molecule has 0 spiro atoms. The number of anilines is 1. The third-order valence-corrected chi connectivity index (χ3v) is 4.70. The lowest BCUT2D eigenvalue weighted by atomic mass is 10.2. The Morgan fingerprint density at radius 2 is 2.00 bits per heavy atom. The molecule has 4 rings (SSSR count). The summed E-state index contributed by atoms with van der Waals surface area (Å²) in [5.74, 6) is -0.191. The van der Waals surface area contributed by atoms with Gasteiger partial charge in [-0.25, -0.2) is 9.67 Å². The fourth-order valence-electron chi connectivity index (χ4n) is 2.86. The molecule has 0 saturated heterocycles. The van der Waals surface area contributed by atoms with Crippen LogP contribution in [0, 0.1) is 0 Å². The third-order valence-electron chi connectivity index (χ3n) is 4.21. The van der Waals surface area contributed by atoms with E-state index in [1.54, 1.807) is 4.90 Å². The number of benzene rings is 1. The molecule has 10 heteroatoms. The van der Waals surface area contributed by atoms with Gasteiger partial charge in [0.05, 0.1) is 11.8 Å². The first-order chi connectivity index (χ1) is 12.8. The Balaban J connectivity index is 1.59. The summed E-state index contributed by atoms with van der Waals surface area (Å²) in [4.78, 5) is 18.1. The minimum Gasteiger partial charge on any atom is -0.306 e. The number of rotatable bonds is 2. The first kappa shape index (κ1) is 17.7. The number of halogens is 4. The van der Waals surface area contributed by atoms with Gasteiger partial charge in [-0.05, 0) is 36.2 Å². The first-order valence-electron chi connectivity index (χ1n) is 7.89. The van der Waals surface area contributed by atoms with Gasteiger partial charge in [0.25, 0.3) is 5.91 Å². The number of aromatic nitrogens is 4. The van der Waals surface area contributed by atoms with Crippen molar-refractivity contribution >= 4 is 27.5 Å². The van der Waals surface area contributed by atoms with Crippen LogP contribution in [-0.4, -0.2) is 32.4 Å². The quantitative estimate of drug-likeness (QED) is 0.613. The van der Waals surface area contributed by atoms with E-state index in [4.69, 9.17) is 0 Å². The van der Waals surface area contributed by atoms with Crippen molar-refractivity contribution in [3.63, 3.8) is 0 Å². The lowest BCUT2D eigenvalue weighted by Gasteiger charge is -2.15. The average molecular weight is 438 g/mol. The van der Waals surface area contributed by atoms with Crippen LogP contribution in [0.25, 0.3) is 5.82 Å². The molecule has 0 saturated carbocycles. The van der Waals surface area contributed by atoms with Crippen molar-refractivity contribution in [3.05, 3.63) is 64.0 Å². The van der Waals surface area contributed by atoms with Gasteiger partial charge >= 0.3 is 6.18 Å². The van der Waals surface area contributed by atoms with Gasteiger partial charge in [0, 0.05) is 22.9 Å². The molecule has 1 amide bonds. The zero-order valence-corrected chi connectivity index (χ0v) is 15.2. The number of nitrogens with zero attached hydrogens (tertiary/aromatic N) is 5. The molecule has 3 aromatic rings. The van der Waals surface area contributed by atoms with Crippen molar-refractivity contribution in [1.82, 2.24) is 20.0 Å². The van der Waals surface area contributed by atoms with Crippen molar-refractivity contribution in [3.8, 4) is 5.82 Å². The molecule has 138 valence electrons. The Hall–Kier alpha value is -2.75. The maximum Gasteiger partial charge on any atom is 0.417 e. The van der Waals surface area contributed by atoms with Crippen molar-refractivity contribution in [2.75, 3.05) is 11.4 Å². The summed E-state index contributed by atoms with van der Waals surface area (Å²) in [5.41, 5.74) is 1.09. The van der Waals surface area contributed by atoms with Gasteiger partial charge < -0.3 is 4.90 Å². The Labute approximate surface area is 159 Å². The number of hydrogen-bond acceptors (Lipinski definition) is 4. The molecule has 0 atom stereocenters. The summed E-state index contributed by atoms with van der Waals surface area (Å²) in [6, 6.07) is 7.81. The smallest absolute Gasteiger partial charge is 0.306 e. The zero-order valence-electron chi connectivity index (χ0n) is 13.6. The van der Waals surface area contributed by atoms with Gasteiger partial charge in [-0.1, -0.05) is 27.2 Å². The average Bonchev–Trinajstić information content (AvgIpc) is 3.27. The standard InChI is InChI=1S/C17H11BrF3N5O/c18-12-3-1-10-5-6-25(14(10)7-12)16(27)13-9-26(24-23-13)15-4-2-11(8-22-15)17(19,20)21/h1-4,7-9H,5-6H2. The second-order valence-electron chi connectivity index (χ2n) is 5.93. The van der Waals surface area contributed by atoms with Crippen LogP contribution >= 0.6 is 15.9 Å². The van der Waals surface area contributed by atoms with E-state index >= 15 is 0 Å². The van der Waals surface area contributed by atoms with E-state index in [2.05, 4.69) is 31.2 Å². The highest BCUT2D eigenvalue weighted by Crippen LogP contribution is 2.32. The van der Waals surface area contributed by atoms with Gasteiger partial charge in [-0.2, -0.15) is 13.2 Å². The molecule has 6 nitrogen and oxygen atoms in total. The number of hydrogen-bond donors (Lipinski definition) is 0. The van der Waals surface area contributed by atoms with Crippen LogP contribution in [0.4, 0.5) is 18.9 Å². The van der Waals surface area contributed by atoms with E-state index in [0.717, 1.165) is 28.2 Å². The molecule has 1 aliphatic rings. The number of amides is 1. The van der Waals surface area contributed by atoms with Crippen LogP contribution in [0.15, 0.2) is 47.2 Å². The van der Waals surface area contributed by atoms with Crippen LogP contribution in [-0.2, 0) is 12.6 Å². The molecule has 3 heterocycles. The molecule has 1 aliphatic heterocycles. The lowest BCUT2D eigenvalue weighted by molar-refractivity contribution is -0.137. The summed E-state index contributed by atoms with van der Waals surface area (Å²) >= 11 is 3.39. The molecular weight excluding hydrogens is 427 g/mol. The predicted octanol–water partition coefficient (Wildman–Crippen LogP) is 3.65. The summed E-state index contributed by atoms with van der Waals surface area (Å²) in [6.07, 6.45) is -1.66. The van der Waals surface area contributed by atoms with E-state index in [-0.39, 0.29) is 17.4 Å². The summed E-state index contributed by atoms with van der Waals surface area (Å²) in [6.45, 7) is 0.524. The number of carbonyl (C=O) groups excluding carboxylic acids is 1. The highest BCUT2D eigenvalue weighted by atomic mass is 79.9. The Bertz CT molecular complexity index is 1020. The number of fused-ring (bicyclic) bond motifs is 1. The van der Waals surface area contributed by atoms with Crippen molar-refractivity contribution in [1.29, 1.82) is 0 Å². The molecular formula is C17H11BrF3N5O. The topological polar surface area (TPSA) is 63.9 Å². The molecule has 1 aromatic carbocycles. The van der Waals surface area contributed by atoms with Crippen LogP contribution in [0.2, 0.25) is 0 Å². The van der Waals surface area contributed by atoms with Gasteiger partial charge in [-0.15, -0.1) is 5.10 Å². The lowest BCUT2D eigenvalue weighted by Crippen LogP contribution is -2.29. The third kappa shape index (κ3) is 3.32. The molecule has 0 radical (unpaired) electrons. The maximum absolute atomic E-state index is 12.8. The number of carbonyl (C=O) groups is 1. The fourth-order valence-corrected chi connectivity index (χ4v) is 3.21. The normalized spacial score (nSPS) is 13.7. The van der Waals surface area contributed by atoms with Crippen LogP contribution in [0.1, 0.15) is 21.6 Å². The first-order valence-corrected chi connectivity index (χ1v) is 8.68. The van der Waals surface area contributed by atoms with Crippen LogP contribution in [0.5, 0.6) is 0 Å². The second-order valence-corrected chi connectivity index (χ2v) is 6.85. The highest BCUT2D eigenvalue weighted by Gasteiger charge is 2.31. The SMILES string of the molecule is O=C(c1cn(-c2ccc(C(F)(F)F)cn2)nn1)N1CCc2ccc(Br)cc21. The molecule has 27 heavy (non-hydrogen) atoms. The zero-order chi connectivity index (χ0) is 19.2. The highest BCUT2D eigenvalue weighted by molar-refractivity contribution is 9.10.